The van der Waals surface area contributed by atoms with Crippen molar-refractivity contribution in [2.75, 3.05) is 23.9 Å². The molecule has 0 aliphatic carbocycles. The molecule has 0 radical (unpaired) electrons. The Labute approximate surface area is 217 Å². The second-order valence-electron chi connectivity index (χ2n) is 9.02. The van der Waals surface area contributed by atoms with Gasteiger partial charge in [0.1, 0.15) is 0 Å². The van der Waals surface area contributed by atoms with Crippen LogP contribution in [0.25, 0.3) is 5.69 Å². The van der Waals surface area contributed by atoms with Crippen LogP contribution in [-0.2, 0) is 0 Å². The highest BCUT2D eigenvalue weighted by Crippen LogP contribution is 2.44. The number of para-hydroxylation sites is 1. The minimum absolute atomic E-state index is 0.0787. The standard InChI is InChI=1S/C28H28ClN5S/c1-18-17-22(19(2)33(18)25-11-6-5-9-23(25)29)27-26(24-10-7-8-16-30-24)31-28(35)34(27)21-14-12-20(13-15-21)32(3)4/h5-17,26-27H,1-4H3,(H,31,35)/t26-,27+/m1/s1. The van der Waals surface area contributed by atoms with Gasteiger partial charge in [-0.25, -0.2) is 0 Å². The maximum atomic E-state index is 6.61. The van der Waals surface area contributed by atoms with E-state index >= 15 is 0 Å². The predicted molar refractivity (Wildman–Crippen MR) is 149 cm³/mol. The first kappa shape index (κ1) is 23.4. The lowest BCUT2D eigenvalue weighted by molar-refractivity contribution is 0.565. The second-order valence-corrected chi connectivity index (χ2v) is 9.81. The fourth-order valence-electron chi connectivity index (χ4n) is 4.95. The molecule has 1 aliphatic rings. The van der Waals surface area contributed by atoms with E-state index in [2.05, 4.69) is 81.0 Å². The number of aromatic nitrogens is 2. The molecule has 7 heteroatoms. The van der Waals surface area contributed by atoms with Gasteiger partial charge in [0.15, 0.2) is 5.11 Å². The molecule has 2 aromatic carbocycles. The summed E-state index contributed by atoms with van der Waals surface area (Å²) in [7, 11) is 4.08. The van der Waals surface area contributed by atoms with Crippen molar-refractivity contribution in [2.45, 2.75) is 25.9 Å². The Bertz CT molecular complexity index is 1360. The Morgan fingerprint density at radius 3 is 2.34 bits per heavy atom. The highest BCUT2D eigenvalue weighted by Gasteiger charge is 2.42. The number of thiocarbonyl (C=S) groups is 1. The first-order valence-electron chi connectivity index (χ1n) is 11.6. The van der Waals surface area contributed by atoms with Crippen molar-refractivity contribution in [2.24, 2.45) is 0 Å². The normalized spacial score (nSPS) is 17.5. The van der Waals surface area contributed by atoms with E-state index in [-0.39, 0.29) is 12.1 Å². The van der Waals surface area contributed by atoms with Crippen LogP contribution in [0.1, 0.15) is 34.7 Å². The van der Waals surface area contributed by atoms with Crippen molar-refractivity contribution < 1.29 is 0 Å². The van der Waals surface area contributed by atoms with E-state index in [9.17, 15) is 0 Å². The van der Waals surface area contributed by atoms with Gasteiger partial charge in [0.05, 0.1) is 28.5 Å². The van der Waals surface area contributed by atoms with Gasteiger partial charge in [0.2, 0.25) is 0 Å². The molecule has 2 atom stereocenters. The van der Waals surface area contributed by atoms with Crippen LogP contribution < -0.4 is 15.1 Å². The average molecular weight is 502 g/mol. The van der Waals surface area contributed by atoms with Gasteiger partial charge in [-0.05, 0) is 86.2 Å². The van der Waals surface area contributed by atoms with Crippen molar-refractivity contribution >= 4 is 40.3 Å². The zero-order chi connectivity index (χ0) is 24.7. The lowest BCUT2D eigenvalue weighted by Crippen LogP contribution is -2.29. The first-order chi connectivity index (χ1) is 16.9. The Kier molecular flexibility index (Phi) is 6.26. The van der Waals surface area contributed by atoms with Crippen LogP contribution in [-0.4, -0.2) is 28.8 Å². The zero-order valence-electron chi connectivity index (χ0n) is 20.2. The van der Waals surface area contributed by atoms with Crippen LogP contribution >= 0.6 is 23.8 Å². The van der Waals surface area contributed by atoms with Gasteiger partial charge >= 0.3 is 0 Å². The molecular formula is C28H28ClN5S. The summed E-state index contributed by atoms with van der Waals surface area (Å²) >= 11 is 12.5. The van der Waals surface area contributed by atoms with E-state index < -0.39 is 0 Å². The third-order valence-corrected chi connectivity index (χ3v) is 7.26. The molecule has 5 nitrogen and oxygen atoms in total. The lowest BCUT2D eigenvalue weighted by atomic mass is 9.96. The molecule has 1 N–H and O–H groups in total. The van der Waals surface area contributed by atoms with Crippen molar-refractivity contribution in [3.63, 3.8) is 0 Å². The average Bonchev–Trinajstić information content (AvgIpc) is 3.35. The maximum absolute atomic E-state index is 6.61. The smallest absolute Gasteiger partial charge is 0.174 e. The van der Waals surface area contributed by atoms with E-state index in [0.29, 0.717) is 5.11 Å². The molecule has 1 saturated heterocycles. The third-order valence-electron chi connectivity index (χ3n) is 6.62. The summed E-state index contributed by atoms with van der Waals surface area (Å²) in [5.41, 5.74) is 7.53. The number of aryl methyl sites for hydroxylation is 1. The van der Waals surface area contributed by atoms with Crippen LogP contribution in [0.5, 0.6) is 0 Å². The van der Waals surface area contributed by atoms with Gasteiger partial charge in [0.25, 0.3) is 0 Å². The minimum atomic E-state index is -0.0996. The van der Waals surface area contributed by atoms with Gasteiger partial charge in [0, 0.05) is 43.1 Å². The summed E-state index contributed by atoms with van der Waals surface area (Å²) in [5, 5.41) is 4.97. The molecule has 0 bridgehead atoms. The predicted octanol–water partition coefficient (Wildman–Crippen LogP) is 6.39. The lowest BCUT2D eigenvalue weighted by Gasteiger charge is -2.28. The fraction of sp³-hybridized carbons (Fsp3) is 0.214. The second kappa shape index (κ2) is 9.36. The van der Waals surface area contributed by atoms with Gasteiger partial charge in [-0.3, -0.25) is 4.98 Å². The molecule has 35 heavy (non-hydrogen) atoms. The number of hydrogen-bond donors (Lipinski definition) is 1. The quantitative estimate of drug-likeness (QED) is 0.321. The maximum Gasteiger partial charge on any atom is 0.174 e. The van der Waals surface area contributed by atoms with Crippen molar-refractivity contribution in [3.05, 3.63) is 107 Å². The molecule has 3 heterocycles. The molecule has 0 unspecified atom stereocenters. The van der Waals surface area contributed by atoms with Crippen LogP contribution in [0.2, 0.25) is 5.02 Å². The highest BCUT2D eigenvalue weighted by atomic mass is 35.5. The van der Waals surface area contributed by atoms with Crippen LogP contribution in [0.3, 0.4) is 0 Å². The van der Waals surface area contributed by atoms with E-state index in [4.69, 9.17) is 23.8 Å². The number of halogens is 1. The molecule has 2 aromatic heterocycles. The van der Waals surface area contributed by atoms with E-state index in [0.717, 1.165) is 39.2 Å². The summed E-state index contributed by atoms with van der Waals surface area (Å²) < 4.78 is 2.22. The summed E-state index contributed by atoms with van der Waals surface area (Å²) in [5.74, 6) is 0. The summed E-state index contributed by atoms with van der Waals surface area (Å²) in [6, 6.07) is 24.5. The number of anilines is 2. The highest BCUT2D eigenvalue weighted by molar-refractivity contribution is 7.80. The number of nitrogens with zero attached hydrogens (tertiary/aromatic N) is 4. The molecule has 1 aliphatic heterocycles. The molecule has 0 saturated carbocycles. The molecule has 0 amide bonds. The molecule has 1 fully saturated rings. The molecule has 178 valence electrons. The number of hydrogen-bond acceptors (Lipinski definition) is 3. The number of rotatable bonds is 5. The Morgan fingerprint density at radius 2 is 1.69 bits per heavy atom. The first-order valence-corrected chi connectivity index (χ1v) is 12.4. The molecule has 4 aromatic rings. The van der Waals surface area contributed by atoms with Crippen LogP contribution in [0.4, 0.5) is 11.4 Å². The van der Waals surface area contributed by atoms with E-state index in [1.165, 1.54) is 5.56 Å². The van der Waals surface area contributed by atoms with Crippen molar-refractivity contribution in [1.29, 1.82) is 0 Å². The van der Waals surface area contributed by atoms with Gasteiger partial charge < -0.3 is 19.7 Å². The number of nitrogens with one attached hydrogen (secondary N) is 1. The van der Waals surface area contributed by atoms with Crippen LogP contribution in [0.15, 0.2) is 79.0 Å². The van der Waals surface area contributed by atoms with E-state index in [1.54, 1.807) is 0 Å². The largest absolute Gasteiger partial charge is 0.378 e. The monoisotopic (exact) mass is 501 g/mol. The van der Waals surface area contributed by atoms with Gasteiger partial charge in [-0.2, -0.15) is 0 Å². The fourth-order valence-corrected chi connectivity index (χ4v) is 5.52. The summed E-state index contributed by atoms with van der Waals surface area (Å²) in [4.78, 5) is 8.99. The summed E-state index contributed by atoms with van der Waals surface area (Å²) in [6.07, 6.45) is 1.83. The molecule has 5 rings (SSSR count). The Balaban J connectivity index is 1.67. The zero-order valence-corrected chi connectivity index (χ0v) is 21.8. The van der Waals surface area contributed by atoms with Crippen molar-refractivity contribution in [3.8, 4) is 5.69 Å². The SMILES string of the molecule is Cc1cc([C@H]2[C@@H](c3ccccn3)NC(=S)N2c2ccc(N(C)C)cc2)c(C)n1-c1ccccc1Cl. The van der Waals surface area contributed by atoms with Crippen molar-refractivity contribution in [1.82, 2.24) is 14.9 Å². The van der Waals surface area contributed by atoms with Crippen LogP contribution in [0, 0.1) is 13.8 Å². The Morgan fingerprint density at radius 1 is 0.971 bits per heavy atom. The molecule has 0 spiro atoms. The minimum Gasteiger partial charge on any atom is -0.378 e. The Hall–Kier alpha value is -3.35. The van der Waals surface area contributed by atoms with E-state index in [1.807, 2.05) is 50.6 Å². The number of pyridine rings is 1. The third kappa shape index (κ3) is 4.17. The topological polar surface area (TPSA) is 36.3 Å². The van der Waals surface area contributed by atoms with Gasteiger partial charge in [-0.1, -0.05) is 29.8 Å². The van der Waals surface area contributed by atoms with Gasteiger partial charge in [-0.15, -0.1) is 0 Å². The molecular weight excluding hydrogens is 474 g/mol. The number of benzene rings is 2. The summed E-state index contributed by atoms with van der Waals surface area (Å²) in [6.45, 7) is 4.27.